The minimum atomic E-state index is -3.68. The van der Waals surface area contributed by atoms with Crippen molar-refractivity contribution in [1.29, 1.82) is 0 Å². The summed E-state index contributed by atoms with van der Waals surface area (Å²) in [7, 11) is -3.68. The molecule has 1 aliphatic rings. The lowest BCUT2D eigenvalue weighted by Gasteiger charge is -2.34. The van der Waals surface area contributed by atoms with Crippen LogP contribution >= 0.6 is 23.2 Å². The van der Waals surface area contributed by atoms with Crippen LogP contribution in [0.2, 0.25) is 10.0 Å². The van der Waals surface area contributed by atoms with Crippen LogP contribution in [-0.4, -0.2) is 69.5 Å². The molecule has 0 aromatic heterocycles. The number of hydrogen-bond acceptors (Lipinski definition) is 6. The van der Waals surface area contributed by atoms with Gasteiger partial charge in [0.2, 0.25) is 10.0 Å². The first kappa shape index (κ1) is 28.5. The van der Waals surface area contributed by atoms with Crippen LogP contribution in [0.5, 0.6) is 0 Å². The maximum Gasteiger partial charge on any atom is 0.338 e. The van der Waals surface area contributed by atoms with Crippen molar-refractivity contribution in [2.24, 2.45) is 0 Å². The summed E-state index contributed by atoms with van der Waals surface area (Å²) in [4.78, 5) is 14.5. The van der Waals surface area contributed by atoms with Gasteiger partial charge in [0, 0.05) is 42.8 Å². The number of carbonyl (C=O) groups excluding carboxylic acids is 1. The van der Waals surface area contributed by atoms with Crippen molar-refractivity contribution in [3.8, 4) is 0 Å². The Morgan fingerprint density at radius 3 is 2.21 bits per heavy atom. The van der Waals surface area contributed by atoms with Crippen LogP contribution in [0.25, 0.3) is 0 Å². The van der Waals surface area contributed by atoms with Gasteiger partial charge in [-0.15, -0.1) is 0 Å². The average Bonchev–Trinajstić information content (AvgIpc) is 2.91. The quantitative estimate of drug-likeness (QED) is 0.305. The van der Waals surface area contributed by atoms with E-state index in [-0.39, 0.29) is 27.0 Å². The van der Waals surface area contributed by atoms with Gasteiger partial charge in [-0.2, -0.15) is 4.31 Å². The minimum absolute atomic E-state index is 0.0996. The highest BCUT2D eigenvalue weighted by Gasteiger charge is 2.29. The molecule has 202 valence electrons. The van der Waals surface area contributed by atoms with Crippen LogP contribution < -0.4 is 0 Å². The third-order valence-electron chi connectivity index (χ3n) is 6.30. The molecule has 38 heavy (non-hydrogen) atoms. The summed E-state index contributed by atoms with van der Waals surface area (Å²) in [6.07, 6.45) is -0.361. The molecule has 0 spiro atoms. The first-order valence-corrected chi connectivity index (χ1v) is 14.6. The van der Waals surface area contributed by atoms with E-state index in [2.05, 4.69) is 4.90 Å². The standard InChI is InChI=1S/C28H30Cl2N2O5S/c1-2-36-28(33)23-10-6-9-22(17-23)27(21-7-4-3-5-8-21)37-16-15-31-11-13-32(14-12-31)38(34,35)26-19-24(29)18-25(30)20-26/h3-10,17-20,27H,2,11-16H2,1H3. The second-order valence-corrected chi connectivity index (χ2v) is 11.7. The van der Waals surface area contributed by atoms with Crippen molar-refractivity contribution in [3.63, 3.8) is 0 Å². The third-order valence-corrected chi connectivity index (χ3v) is 8.61. The van der Waals surface area contributed by atoms with Crippen molar-refractivity contribution < 1.29 is 22.7 Å². The van der Waals surface area contributed by atoms with E-state index in [0.717, 1.165) is 11.1 Å². The fourth-order valence-electron chi connectivity index (χ4n) is 4.38. The first-order chi connectivity index (χ1) is 18.3. The summed E-state index contributed by atoms with van der Waals surface area (Å²) < 4.78 is 39.1. The molecule has 1 saturated heterocycles. The van der Waals surface area contributed by atoms with Crippen molar-refractivity contribution in [3.05, 3.63) is 99.5 Å². The number of piperazine rings is 1. The summed E-state index contributed by atoms with van der Waals surface area (Å²) in [6, 6.07) is 21.5. The van der Waals surface area contributed by atoms with Gasteiger partial charge >= 0.3 is 5.97 Å². The van der Waals surface area contributed by atoms with Crippen LogP contribution in [0, 0.1) is 0 Å². The summed E-state index contributed by atoms with van der Waals surface area (Å²) in [5.41, 5.74) is 2.31. The molecule has 7 nitrogen and oxygen atoms in total. The Balaban J connectivity index is 1.38. The number of rotatable bonds is 10. The van der Waals surface area contributed by atoms with Crippen molar-refractivity contribution in [2.75, 3.05) is 45.9 Å². The second-order valence-electron chi connectivity index (χ2n) is 8.86. The van der Waals surface area contributed by atoms with E-state index >= 15 is 0 Å². The number of nitrogens with zero attached hydrogens (tertiary/aromatic N) is 2. The molecule has 4 rings (SSSR count). The highest BCUT2D eigenvalue weighted by Crippen LogP contribution is 2.28. The molecule has 10 heteroatoms. The summed E-state index contributed by atoms with van der Waals surface area (Å²) in [5.74, 6) is -0.367. The Hall–Kier alpha value is -2.46. The predicted octanol–water partition coefficient (Wildman–Crippen LogP) is 5.28. The van der Waals surface area contributed by atoms with Crippen molar-refractivity contribution in [2.45, 2.75) is 17.9 Å². The Kier molecular flexibility index (Phi) is 9.81. The molecular weight excluding hydrogens is 547 g/mol. The molecule has 0 N–H and O–H groups in total. The molecule has 3 aromatic rings. The molecule has 1 aliphatic heterocycles. The van der Waals surface area contributed by atoms with Crippen molar-refractivity contribution >= 4 is 39.2 Å². The molecule has 1 atom stereocenters. The number of ether oxygens (including phenoxy) is 2. The fraction of sp³-hybridized carbons (Fsp3) is 0.321. The van der Waals surface area contributed by atoms with Crippen LogP contribution in [-0.2, 0) is 19.5 Å². The molecule has 0 saturated carbocycles. The van der Waals surface area contributed by atoms with E-state index in [9.17, 15) is 13.2 Å². The van der Waals surface area contributed by atoms with Gasteiger partial charge in [0.25, 0.3) is 0 Å². The zero-order valence-corrected chi connectivity index (χ0v) is 23.4. The lowest BCUT2D eigenvalue weighted by atomic mass is 9.99. The number of halogens is 2. The van der Waals surface area contributed by atoms with Crippen LogP contribution in [0.3, 0.4) is 0 Å². The molecule has 1 unspecified atom stereocenters. The smallest absolute Gasteiger partial charge is 0.338 e. The molecule has 0 aliphatic carbocycles. The van der Waals surface area contributed by atoms with E-state index < -0.39 is 10.0 Å². The van der Waals surface area contributed by atoms with Gasteiger partial charge in [0.05, 0.1) is 23.7 Å². The Labute approximate surface area is 233 Å². The normalized spacial score (nSPS) is 15.8. The largest absolute Gasteiger partial charge is 0.462 e. The maximum absolute atomic E-state index is 13.1. The highest BCUT2D eigenvalue weighted by molar-refractivity contribution is 7.89. The lowest BCUT2D eigenvalue weighted by Crippen LogP contribution is -2.49. The van der Waals surface area contributed by atoms with Gasteiger partial charge in [0.15, 0.2) is 0 Å². The molecule has 3 aromatic carbocycles. The third kappa shape index (κ3) is 7.14. The Morgan fingerprint density at radius 2 is 1.55 bits per heavy atom. The molecule has 0 bridgehead atoms. The number of sulfonamides is 1. The first-order valence-electron chi connectivity index (χ1n) is 12.4. The fourth-order valence-corrected chi connectivity index (χ4v) is 6.52. The highest BCUT2D eigenvalue weighted by atomic mass is 35.5. The Morgan fingerprint density at radius 1 is 0.895 bits per heavy atom. The molecule has 1 heterocycles. The molecular formula is C28H30Cl2N2O5S. The average molecular weight is 578 g/mol. The summed E-state index contributed by atoms with van der Waals surface area (Å²) in [5, 5.41) is 0.570. The maximum atomic E-state index is 13.1. The number of esters is 1. The second kappa shape index (κ2) is 13.1. The van der Waals surface area contributed by atoms with Gasteiger partial charge in [-0.05, 0) is 48.4 Å². The van der Waals surface area contributed by atoms with E-state index in [1.54, 1.807) is 19.1 Å². The zero-order valence-electron chi connectivity index (χ0n) is 21.1. The van der Waals surface area contributed by atoms with E-state index in [0.29, 0.717) is 51.5 Å². The monoisotopic (exact) mass is 576 g/mol. The van der Waals surface area contributed by atoms with Crippen LogP contribution in [0.15, 0.2) is 77.7 Å². The van der Waals surface area contributed by atoms with E-state index in [1.165, 1.54) is 22.5 Å². The summed E-state index contributed by atoms with van der Waals surface area (Å²) >= 11 is 12.0. The SMILES string of the molecule is CCOC(=O)c1cccc(C(OCCN2CCN(S(=O)(=O)c3cc(Cl)cc(Cl)c3)CC2)c2ccccc2)c1. The van der Waals surface area contributed by atoms with Gasteiger partial charge in [0.1, 0.15) is 6.10 Å². The van der Waals surface area contributed by atoms with Gasteiger partial charge in [-0.1, -0.05) is 65.7 Å². The lowest BCUT2D eigenvalue weighted by molar-refractivity contribution is 0.0511. The molecule has 1 fully saturated rings. The predicted molar refractivity (Wildman–Crippen MR) is 148 cm³/mol. The van der Waals surface area contributed by atoms with Gasteiger partial charge in [-0.25, -0.2) is 13.2 Å². The van der Waals surface area contributed by atoms with Crippen LogP contribution in [0.1, 0.15) is 34.5 Å². The minimum Gasteiger partial charge on any atom is -0.462 e. The Bertz CT molecular complexity index is 1330. The summed E-state index contributed by atoms with van der Waals surface area (Å²) in [6.45, 7) is 5.02. The van der Waals surface area contributed by atoms with Gasteiger partial charge in [-0.3, -0.25) is 4.90 Å². The number of benzene rings is 3. The zero-order chi connectivity index (χ0) is 27.1. The number of hydrogen-bond donors (Lipinski definition) is 0. The molecule has 0 radical (unpaired) electrons. The number of carbonyl (C=O) groups is 1. The molecule has 0 amide bonds. The van der Waals surface area contributed by atoms with Gasteiger partial charge < -0.3 is 9.47 Å². The van der Waals surface area contributed by atoms with E-state index in [1.807, 2.05) is 42.5 Å². The van der Waals surface area contributed by atoms with E-state index in [4.69, 9.17) is 32.7 Å². The topological polar surface area (TPSA) is 76.2 Å². The van der Waals surface area contributed by atoms with Crippen LogP contribution in [0.4, 0.5) is 0 Å². The van der Waals surface area contributed by atoms with Crippen molar-refractivity contribution in [1.82, 2.24) is 9.21 Å².